The Balaban J connectivity index is 0.00000441. The smallest absolute Gasteiger partial charge is 0.657 e. The number of aromatic nitrogens is 4. The van der Waals surface area contributed by atoms with E-state index in [1.54, 1.807) is 18.2 Å². The SMILES string of the molecule is [N-]=[N+]=NC1=Cc2nc1c(-c1ccc(Cl)cc1)c1ccc([n-]1)c(-c1ccc(Cl)cc1)c1ccc([n-]1)c(-c1ccc(Cl)cc1)c1nc(c2-c2ccc(Cl)cc2)C=C1.[Ni+2]. The molecule has 8 bridgehead atoms. The molecule has 0 amide bonds. The first kappa shape index (κ1) is 37.4. The fraction of sp³-hybridized carbons (Fsp3) is 0. The molecule has 0 saturated heterocycles. The Morgan fingerprint density at radius 2 is 0.821 bits per heavy atom. The minimum absolute atomic E-state index is 0. The third-order valence-electron chi connectivity index (χ3n) is 9.38. The summed E-state index contributed by atoms with van der Waals surface area (Å²) in [5.74, 6) is 0. The first-order valence-corrected chi connectivity index (χ1v) is 18.5. The third-order valence-corrected chi connectivity index (χ3v) is 10.4. The standard InChI is InChI=1S/C44H23Cl4N7.Ni/c45-28-9-1-24(2-10-28)40-32-17-18-33(50-32)41(25-3-11-29(46)12-4-25)35-21-22-37(52-35)43(27-7-15-31(48)16-8-27)44-39(54-55-49)23-38(53-44)42(36-20-19-34(40)51-36)26-5-13-30(47)14-6-26;/h1-23H;/q-2;+2. The van der Waals surface area contributed by atoms with E-state index in [9.17, 15) is 5.53 Å². The van der Waals surface area contributed by atoms with Gasteiger partial charge in [0.2, 0.25) is 0 Å². The van der Waals surface area contributed by atoms with Crippen LogP contribution in [0.2, 0.25) is 20.1 Å². The molecule has 7 aromatic rings. The van der Waals surface area contributed by atoms with Gasteiger partial charge in [-0.25, -0.2) is 9.97 Å². The van der Waals surface area contributed by atoms with Gasteiger partial charge in [0.15, 0.2) is 0 Å². The largest absolute Gasteiger partial charge is 2.00 e. The van der Waals surface area contributed by atoms with Crippen LogP contribution >= 0.6 is 46.4 Å². The number of nitrogens with zero attached hydrogens (tertiary/aromatic N) is 7. The van der Waals surface area contributed by atoms with Crippen molar-refractivity contribution < 1.29 is 16.5 Å². The summed E-state index contributed by atoms with van der Waals surface area (Å²) < 4.78 is 0. The number of rotatable bonds is 5. The van der Waals surface area contributed by atoms with Crippen LogP contribution in [0, 0.1) is 0 Å². The molecule has 0 aliphatic carbocycles. The summed E-state index contributed by atoms with van der Waals surface area (Å²) >= 11 is 25.5. The van der Waals surface area contributed by atoms with E-state index < -0.39 is 0 Å². The van der Waals surface area contributed by atoms with Crippen LogP contribution in [0.25, 0.3) is 101 Å². The molecule has 0 N–H and O–H groups in total. The van der Waals surface area contributed by atoms with E-state index in [0.717, 1.165) is 33.4 Å². The number of fused-ring (bicyclic) bond motifs is 8. The van der Waals surface area contributed by atoms with Crippen LogP contribution in [0.4, 0.5) is 0 Å². The van der Waals surface area contributed by atoms with Gasteiger partial charge in [-0.05, 0) is 111 Å². The minimum Gasteiger partial charge on any atom is -0.657 e. The summed E-state index contributed by atoms with van der Waals surface area (Å²) in [4.78, 5) is 24.2. The van der Waals surface area contributed by atoms with E-state index in [2.05, 4.69) is 10.0 Å². The Hall–Kier alpha value is -5.56. The first-order chi connectivity index (χ1) is 26.8. The van der Waals surface area contributed by atoms with E-state index in [4.69, 9.17) is 66.3 Å². The van der Waals surface area contributed by atoms with Crippen LogP contribution in [0.1, 0.15) is 22.8 Å². The molecule has 0 unspecified atom stereocenters. The average molecular weight is 850 g/mol. The number of halogens is 4. The molecule has 5 heterocycles. The zero-order valence-corrected chi connectivity index (χ0v) is 32.7. The summed E-state index contributed by atoms with van der Waals surface area (Å²) in [6.45, 7) is 0. The molecule has 7 nitrogen and oxygen atoms in total. The summed E-state index contributed by atoms with van der Waals surface area (Å²) in [6.07, 6.45) is 5.71. The predicted octanol–water partition coefficient (Wildman–Crippen LogP) is 13.8. The predicted molar refractivity (Wildman–Crippen MR) is 227 cm³/mol. The van der Waals surface area contributed by atoms with Gasteiger partial charge in [-0.1, -0.05) is 124 Å². The Bertz CT molecular complexity index is 2940. The zero-order valence-electron chi connectivity index (χ0n) is 28.7. The summed E-state index contributed by atoms with van der Waals surface area (Å²) in [5.41, 5.74) is 21.5. The van der Waals surface area contributed by atoms with Gasteiger partial charge >= 0.3 is 16.5 Å². The second kappa shape index (κ2) is 15.5. The van der Waals surface area contributed by atoms with Crippen molar-refractivity contribution in [3.8, 4) is 44.5 Å². The van der Waals surface area contributed by atoms with Crippen LogP contribution in [-0.4, -0.2) is 9.97 Å². The van der Waals surface area contributed by atoms with Crippen LogP contribution in [0.5, 0.6) is 0 Å². The number of hydrogen-bond donors (Lipinski definition) is 0. The maximum absolute atomic E-state index is 9.84. The van der Waals surface area contributed by atoms with Gasteiger partial charge in [0, 0.05) is 30.6 Å². The van der Waals surface area contributed by atoms with Crippen molar-refractivity contribution in [2.45, 2.75) is 0 Å². The van der Waals surface area contributed by atoms with Crippen molar-refractivity contribution in [3.05, 3.63) is 175 Å². The van der Waals surface area contributed by atoms with Gasteiger partial charge in [0.1, 0.15) is 0 Å². The first-order valence-electron chi connectivity index (χ1n) is 17.0. The molecular formula is C44H23Cl4N7Ni. The van der Waals surface area contributed by atoms with E-state index in [1.165, 1.54) is 0 Å². The molecule has 0 saturated carbocycles. The molecule has 0 atom stereocenters. The Morgan fingerprint density at radius 3 is 1.29 bits per heavy atom. The molecule has 0 radical (unpaired) electrons. The molecular weight excluding hydrogens is 827 g/mol. The van der Waals surface area contributed by atoms with Gasteiger partial charge in [-0.2, -0.15) is 0 Å². The quantitative estimate of drug-likeness (QED) is 0.0744. The molecule has 3 aromatic heterocycles. The maximum atomic E-state index is 9.84. The fourth-order valence-electron chi connectivity index (χ4n) is 6.92. The van der Waals surface area contributed by atoms with Crippen LogP contribution in [0.15, 0.2) is 126 Å². The second-order valence-corrected chi connectivity index (χ2v) is 14.5. The molecule has 4 aromatic carbocycles. The van der Waals surface area contributed by atoms with Crippen LogP contribution in [-0.2, 0) is 16.5 Å². The van der Waals surface area contributed by atoms with E-state index >= 15 is 0 Å². The van der Waals surface area contributed by atoms with Crippen LogP contribution < -0.4 is 9.97 Å². The Morgan fingerprint density at radius 1 is 0.446 bits per heavy atom. The topological polar surface area (TPSA) is 103 Å². The monoisotopic (exact) mass is 847 g/mol. The molecule has 272 valence electrons. The van der Waals surface area contributed by atoms with Crippen molar-refractivity contribution in [1.82, 2.24) is 19.9 Å². The summed E-state index contributed by atoms with van der Waals surface area (Å²) in [6, 6.07) is 38.0. The Kier molecular flexibility index (Phi) is 10.4. The molecule has 2 aliphatic rings. The van der Waals surface area contributed by atoms with E-state index in [0.29, 0.717) is 81.8 Å². The van der Waals surface area contributed by atoms with Gasteiger partial charge in [-0.3, -0.25) is 0 Å². The van der Waals surface area contributed by atoms with Crippen molar-refractivity contribution in [2.75, 3.05) is 0 Å². The minimum atomic E-state index is 0. The van der Waals surface area contributed by atoms with Crippen molar-refractivity contribution in [2.24, 2.45) is 5.11 Å². The number of azide groups is 1. The van der Waals surface area contributed by atoms with E-state index in [-0.39, 0.29) is 16.5 Å². The van der Waals surface area contributed by atoms with Crippen molar-refractivity contribution in [1.29, 1.82) is 0 Å². The maximum Gasteiger partial charge on any atom is 2.00 e. The molecule has 56 heavy (non-hydrogen) atoms. The van der Waals surface area contributed by atoms with Crippen LogP contribution in [0.3, 0.4) is 0 Å². The van der Waals surface area contributed by atoms with Gasteiger partial charge in [-0.15, -0.1) is 22.1 Å². The number of benzene rings is 4. The molecule has 12 heteroatoms. The average Bonchev–Trinajstić information content (AvgIpc) is 4.02. The fourth-order valence-corrected chi connectivity index (χ4v) is 7.42. The molecule has 0 fully saturated rings. The molecule has 9 rings (SSSR count). The summed E-state index contributed by atoms with van der Waals surface area (Å²) in [5, 5.41) is 6.54. The van der Waals surface area contributed by atoms with Crippen molar-refractivity contribution >= 4 is 92.4 Å². The second-order valence-electron chi connectivity index (χ2n) is 12.7. The molecule has 2 aliphatic heterocycles. The third kappa shape index (κ3) is 7.04. The Labute approximate surface area is 350 Å². The van der Waals surface area contributed by atoms with Gasteiger partial charge in [0.25, 0.3) is 0 Å². The zero-order chi connectivity index (χ0) is 37.6. The van der Waals surface area contributed by atoms with Crippen molar-refractivity contribution in [3.63, 3.8) is 0 Å². The summed E-state index contributed by atoms with van der Waals surface area (Å²) in [7, 11) is 0. The van der Waals surface area contributed by atoms with Gasteiger partial charge < -0.3 is 9.97 Å². The normalized spacial score (nSPS) is 11.8. The molecule has 0 spiro atoms. The number of hydrogen-bond acceptors (Lipinski definition) is 3. The van der Waals surface area contributed by atoms with E-state index in [1.807, 2.05) is 121 Å². The van der Waals surface area contributed by atoms with Gasteiger partial charge in [0.05, 0.1) is 28.5 Å².